The SMILES string of the molecule is Cc1cc(OCC(O)Cn2cc(-c3ncc[nH]3)nn2)ccc1Cl. The van der Waals surface area contributed by atoms with Crippen LogP contribution in [0.25, 0.3) is 11.5 Å². The molecular formula is C15H16ClN5O2. The van der Waals surface area contributed by atoms with Crippen LogP contribution in [0.2, 0.25) is 5.02 Å². The fourth-order valence-electron chi connectivity index (χ4n) is 2.07. The first-order valence-electron chi connectivity index (χ1n) is 7.09. The van der Waals surface area contributed by atoms with Crippen LogP contribution in [0.4, 0.5) is 0 Å². The lowest BCUT2D eigenvalue weighted by Crippen LogP contribution is -2.24. The van der Waals surface area contributed by atoms with Crippen LogP contribution in [0, 0.1) is 6.92 Å². The Morgan fingerprint density at radius 2 is 2.30 bits per heavy atom. The number of nitrogens with one attached hydrogen (secondary N) is 1. The summed E-state index contributed by atoms with van der Waals surface area (Å²) in [5.74, 6) is 1.31. The number of aliphatic hydroxyl groups is 1. The average molecular weight is 334 g/mol. The topological polar surface area (TPSA) is 88.9 Å². The van der Waals surface area contributed by atoms with E-state index in [0.717, 1.165) is 5.56 Å². The van der Waals surface area contributed by atoms with Gasteiger partial charge in [0.2, 0.25) is 0 Å². The van der Waals surface area contributed by atoms with E-state index >= 15 is 0 Å². The molecule has 3 rings (SSSR count). The number of hydrogen-bond donors (Lipinski definition) is 2. The predicted molar refractivity (Wildman–Crippen MR) is 85.3 cm³/mol. The van der Waals surface area contributed by atoms with E-state index in [1.165, 1.54) is 0 Å². The molecule has 0 aliphatic rings. The average Bonchev–Trinajstić information content (AvgIpc) is 3.19. The molecule has 8 heteroatoms. The number of benzene rings is 1. The Labute approximate surface area is 137 Å². The van der Waals surface area contributed by atoms with Gasteiger partial charge in [-0.3, -0.25) is 0 Å². The number of aliphatic hydroxyl groups excluding tert-OH is 1. The lowest BCUT2D eigenvalue weighted by molar-refractivity contribution is 0.0888. The number of H-pyrrole nitrogens is 1. The van der Waals surface area contributed by atoms with Gasteiger partial charge in [-0.15, -0.1) is 5.10 Å². The van der Waals surface area contributed by atoms with Crippen molar-refractivity contribution in [2.24, 2.45) is 0 Å². The van der Waals surface area contributed by atoms with Crippen molar-refractivity contribution >= 4 is 11.6 Å². The maximum absolute atomic E-state index is 10.1. The van der Waals surface area contributed by atoms with Crippen LogP contribution in [-0.2, 0) is 6.54 Å². The Morgan fingerprint density at radius 3 is 3.04 bits per heavy atom. The molecule has 3 aromatic rings. The van der Waals surface area contributed by atoms with Crippen molar-refractivity contribution in [3.05, 3.63) is 47.4 Å². The molecular weight excluding hydrogens is 318 g/mol. The quantitative estimate of drug-likeness (QED) is 0.721. The summed E-state index contributed by atoms with van der Waals surface area (Å²) in [7, 11) is 0. The lowest BCUT2D eigenvalue weighted by Gasteiger charge is -2.12. The van der Waals surface area contributed by atoms with Gasteiger partial charge in [0.1, 0.15) is 24.2 Å². The van der Waals surface area contributed by atoms with Crippen molar-refractivity contribution in [2.45, 2.75) is 19.6 Å². The number of imidazole rings is 1. The Kier molecular flexibility index (Phi) is 4.59. The molecule has 23 heavy (non-hydrogen) atoms. The number of nitrogens with zero attached hydrogens (tertiary/aromatic N) is 4. The first kappa shape index (κ1) is 15.5. The number of aromatic amines is 1. The maximum atomic E-state index is 10.1. The van der Waals surface area contributed by atoms with Gasteiger partial charge in [-0.1, -0.05) is 16.8 Å². The zero-order chi connectivity index (χ0) is 16.2. The van der Waals surface area contributed by atoms with Gasteiger partial charge in [-0.05, 0) is 30.7 Å². The fraction of sp³-hybridized carbons (Fsp3) is 0.267. The van der Waals surface area contributed by atoms with Gasteiger partial charge in [0.25, 0.3) is 0 Å². The van der Waals surface area contributed by atoms with E-state index in [0.29, 0.717) is 22.3 Å². The third kappa shape index (κ3) is 3.88. The van der Waals surface area contributed by atoms with Crippen LogP contribution in [0.3, 0.4) is 0 Å². The Hall–Kier alpha value is -2.38. The molecule has 0 fully saturated rings. The molecule has 2 aromatic heterocycles. The molecule has 0 spiro atoms. The van der Waals surface area contributed by atoms with Crippen LogP contribution in [-0.4, -0.2) is 42.8 Å². The fourth-order valence-corrected chi connectivity index (χ4v) is 2.19. The Morgan fingerprint density at radius 1 is 1.43 bits per heavy atom. The molecule has 1 aromatic carbocycles. The van der Waals surface area contributed by atoms with Gasteiger partial charge in [-0.2, -0.15) is 0 Å². The Balaban J connectivity index is 1.55. The minimum Gasteiger partial charge on any atom is -0.491 e. The number of ether oxygens (including phenoxy) is 1. The molecule has 1 atom stereocenters. The first-order chi connectivity index (χ1) is 11.1. The number of aromatic nitrogens is 5. The summed E-state index contributed by atoms with van der Waals surface area (Å²) in [6, 6.07) is 5.37. The smallest absolute Gasteiger partial charge is 0.159 e. The summed E-state index contributed by atoms with van der Waals surface area (Å²) in [4.78, 5) is 7.05. The first-order valence-corrected chi connectivity index (χ1v) is 7.46. The Bertz CT molecular complexity index is 772. The van der Waals surface area contributed by atoms with Crippen LogP contribution in [0.5, 0.6) is 5.75 Å². The monoisotopic (exact) mass is 333 g/mol. The van der Waals surface area contributed by atoms with Crippen molar-refractivity contribution in [3.63, 3.8) is 0 Å². The zero-order valence-electron chi connectivity index (χ0n) is 12.5. The highest BCUT2D eigenvalue weighted by atomic mass is 35.5. The molecule has 2 heterocycles. The molecule has 120 valence electrons. The summed E-state index contributed by atoms with van der Waals surface area (Å²) in [6.45, 7) is 2.33. The standard InChI is InChI=1S/C15H16ClN5O2/c1-10-6-12(2-3-13(10)16)23-9-11(22)7-21-8-14(19-20-21)15-17-4-5-18-15/h2-6,8,11,22H,7,9H2,1H3,(H,17,18). The molecule has 2 N–H and O–H groups in total. The second kappa shape index (κ2) is 6.80. The van der Waals surface area contributed by atoms with Gasteiger partial charge in [0, 0.05) is 17.4 Å². The van der Waals surface area contributed by atoms with Crippen molar-refractivity contribution < 1.29 is 9.84 Å². The third-order valence-corrected chi connectivity index (χ3v) is 3.67. The van der Waals surface area contributed by atoms with Crippen molar-refractivity contribution in [2.75, 3.05) is 6.61 Å². The molecule has 0 amide bonds. The highest BCUT2D eigenvalue weighted by Gasteiger charge is 2.11. The lowest BCUT2D eigenvalue weighted by atomic mass is 10.2. The second-order valence-electron chi connectivity index (χ2n) is 5.14. The molecule has 7 nitrogen and oxygen atoms in total. The molecule has 0 saturated heterocycles. The molecule has 0 saturated carbocycles. The molecule has 0 aliphatic carbocycles. The van der Waals surface area contributed by atoms with Crippen LogP contribution in [0.15, 0.2) is 36.8 Å². The third-order valence-electron chi connectivity index (χ3n) is 3.25. The predicted octanol–water partition coefficient (Wildman–Crippen LogP) is 2.07. The number of hydrogen-bond acceptors (Lipinski definition) is 5. The minimum atomic E-state index is -0.711. The summed E-state index contributed by atoms with van der Waals surface area (Å²) in [5, 5.41) is 18.7. The summed E-state index contributed by atoms with van der Waals surface area (Å²) in [5.41, 5.74) is 1.55. The van der Waals surface area contributed by atoms with E-state index in [1.54, 1.807) is 35.4 Å². The van der Waals surface area contributed by atoms with Crippen molar-refractivity contribution in [1.29, 1.82) is 0 Å². The van der Waals surface area contributed by atoms with Crippen molar-refractivity contribution in [3.8, 4) is 17.3 Å². The van der Waals surface area contributed by atoms with E-state index in [9.17, 15) is 5.11 Å². The van der Waals surface area contributed by atoms with Gasteiger partial charge in [0.05, 0.1) is 12.7 Å². The second-order valence-corrected chi connectivity index (χ2v) is 5.55. The summed E-state index contributed by atoms with van der Waals surface area (Å²) < 4.78 is 7.12. The molecule has 0 bridgehead atoms. The largest absolute Gasteiger partial charge is 0.491 e. The highest BCUT2D eigenvalue weighted by molar-refractivity contribution is 6.31. The van der Waals surface area contributed by atoms with E-state index in [4.69, 9.17) is 16.3 Å². The van der Waals surface area contributed by atoms with Gasteiger partial charge in [-0.25, -0.2) is 9.67 Å². The number of aryl methyl sites for hydroxylation is 1. The van der Waals surface area contributed by atoms with E-state index < -0.39 is 6.10 Å². The van der Waals surface area contributed by atoms with E-state index in [1.807, 2.05) is 13.0 Å². The highest BCUT2D eigenvalue weighted by Crippen LogP contribution is 2.21. The van der Waals surface area contributed by atoms with Crippen LogP contribution in [0.1, 0.15) is 5.56 Å². The molecule has 0 radical (unpaired) electrons. The van der Waals surface area contributed by atoms with Crippen molar-refractivity contribution in [1.82, 2.24) is 25.0 Å². The van der Waals surface area contributed by atoms with Crippen LogP contribution >= 0.6 is 11.6 Å². The van der Waals surface area contributed by atoms with Gasteiger partial charge in [0.15, 0.2) is 5.82 Å². The maximum Gasteiger partial charge on any atom is 0.159 e. The van der Waals surface area contributed by atoms with Gasteiger partial charge >= 0.3 is 0 Å². The number of rotatable bonds is 6. The number of halogens is 1. The van der Waals surface area contributed by atoms with E-state index in [-0.39, 0.29) is 13.2 Å². The molecule has 0 aliphatic heterocycles. The normalized spacial score (nSPS) is 12.3. The summed E-state index contributed by atoms with van der Waals surface area (Å²) >= 11 is 5.96. The van der Waals surface area contributed by atoms with Gasteiger partial charge < -0.3 is 14.8 Å². The van der Waals surface area contributed by atoms with E-state index in [2.05, 4.69) is 20.3 Å². The minimum absolute atomic E-state index is 0.150. The molecule has 1 unspecified atom stereocenters. The summed E-state index contributed by atoms with van der Waals surface area (Å²) in [6.07, 6.45) is 4.36. The van der Waals surface area contributed by atoms with Crippen LogP contribution < -0.4 is 4.74 Å². The zero-order valence-corrected chi connectivity index (χ0v) is 13.2.